The number of hydrogen-bond donors (Lipinski definition) is 0. The fourth-order valence-electron chi connectivity index (χ4n) is 1.31. The van der Waals surface area contributed by atoms with Crippen molar-refractivity contribution >= 4 is 5.57 Å². The summed E-state index contributed by atoms with van der Waals surface area (Å²) in [5.74, 6) is 0. The zero-order chi connectivity index (χ0) is 19.5. The van der Waals surface area contributed by atoms with Gasteiger partial charge in [0.1, 0.15) is 0 Å². The van der Waals surface area contributed by atoms with Gasteiger partial charge in [-0.3, -0.25) is 0 Å². The molecule has 0 amide bonds. The molecule has 1 aliphatic rings. The van der Waals surface area contributed by atoms with Crippen LogP contribution in [0.25, 0.3) is 5.57 Å². The fraction of sp³-hybridized carbons (Fsp3) is 0.0588. The summed E-state index contributed by atoms with van der Waals surface area (Å²) < 4.78 is 45.0. The first-order valence-electron chi connectivity index (χ1n) is 5.10. The molecule has 8 heteroatoms. The van der Waals surface area contributed by atoms with E-state index in [1.54, 1.807) is 0 Å². The van der Waals surface area contributed by atoms with Crippen LogP contribution in [0.5, 0.6) is 0 Å². The minimum atomic E-state index is 0. The topological polar surface area (TPSA) is 119 Å². The summed E-state index contributed by atoms with van der Waals surface area (Å²) in [4.78, 5) is 0. The standard InChI is InChI=1S/C11H10.6CO.Cr.Fe/c1-2-6-10(7-3-1)11-8-4-5-9-11;6*1-2;;/h1-8H,9H2;;;;;;;;. The largest absolute Gasteiger partial charge is 0 e. The molecule has 0 bridgehead atoms. The Bertz CT molecular complexity index is 492. The zero-order valence-electron chi connectivity index (χ0n) is 12.5. The van der Waals surface area contributed by atoms with Gasteiger partial charge in [-0.2, -0.15) is 0 Å². The Morgan fingerprint density at radius 3 is 1.28 bits per heavy atom. The van der Waals surface area contributed by atoms with Crippen molar-refractivity contribution < 1.29 is 62.3 Å². The molecular formula is C17H10CrFeO6. The van der Waals surface area contributed by atoms with E-state index in [2.05, 4.69) is 82.4 Å². The predicted octanol–water partition coefficient (Wildman–Crippen LogP) is 2.80. The van der Waals surface area contributed by atoms with Gasteiger partial charge in [0.2, 0.25) is 0 Å². The molecule has 6 nitrogen and oxygen atoms in total. The van der Waals surface area contributed by atoms with E-state index >= 15 is 0 Å². The van der Waals surface area contributed by atoms with Crippen LogP contribution in [0, 0.1) is 39.9 Å². The van der Waals surface area contributed by atoms with E-state index in [0.717, 1.165) is 6.42 Å². The summed E-state index contributed by atoms with van der Waals surface area (Å²) in [6, 6.07) is 10.5. The third kappa shape index (κ3) is 30.6. The van der Waals surface area contributed by atoms with Gasteiger partial charge in [-0.05, 0) is 17.6 Å². The maximum atomic E-state index is 7.50. The summed E-state index contributed by atoms with van der Waals surface area (Å²) >= 11 is 0. The van der Waals surface area contributed by atoms with Crippen LogP contribution in [-0.2, 0) is 62.3 Å². The molecule has 1 aliphatic carbocycles. The van der Waals surface area contributed by atoms with Crippen LogP contribution in [0.3, 0.4) is 0 Å². The zero-order valence-corrected chi connectivity index (χ0v) is 14.9. The molecular weight excluding hydrogens is 408 g/mol. The van der Waals surface area contributed by atoms with Gasteiger partial charge in [0, 0.05) is 34.4 Å². The van der Waals surface area contributed by atoms with Gasteiger partial charge in [0.25, 0.3) is 0 Å². The van der Waals surface area contributed by atoms with E-state index in [9.17, 15) is 0 Å². The van der Waals surface area contributed by atoms with Crippen molar-refractivity contribution in [1.29, 1.82) is 0 Å². The molecule has 0 saturated carbocycles. The van der Waals surface area contributed by atoms with Gasteiger partial charge in [-0.1, -0.05) is 48.6 Å². The molecule has 0 atom stereocenters. The summed E-state index contributed by atoms with van der Waals surface area (Å²) in [6.07, 6.45) is 7.56. The molecule has 0 aromatic heterocycles. The van der Waals surface area contributed by atoms with Crippen LogP contribution in [-0.4, -0.2) is 0 Å². The Morgan fingerprint density at radius 1 is 0.640 bits per heavy atom. The normalized spacial score (nSPS) is 7.12. The molecule has 25 heavy (non-hydrogen) atoms. The quantitative estimate of drug-likeness (QED) is 0.379. The van der Waals surface area contributed by atoms with E-state index in [4.69, 9.17) is 27.9 Å². The van der Waals surface area contributed by atoms with Crippen molar-refractivity contribution in [2.45, 2.75) is 6.42 Å². The molecule has 128 valence electrons. The van der Waals surface area contributed by atoms with Crippen LogP contribution in [0.15, 0.2) is 48.6 Å². The maximum Gasteiger partial charge on any atom is 0 e. The first-order chi connectivity index (χ1) is 11.5. The second-order valence-electron chi connectivity index (χ2n) is 2.69. The molecule has 2 rings (SSSR count). The summed E-state index contributed by atoms with van der Waals surface area (Å²) in [5.41, 5.74) is 2.77. The fourth-order valence-corrected chi connectivity index (χ4v) is 1.31. The Balaban J connectivity index is -0.0000000402. The first-order valence-corrected chi connectivity index (χ1v) is 5.10. The predicted molar refractivity (Wildman–Crippen MR) is 71.8 cm³/mol. The van der Waals surface area contributed by atoms with Crippen LogP contribution < -0.4 is 0 Å². The van der Waals surface area contributed by atoms with Crippen LogP contribution >= 0.6 is 0 Å². The van der Waals surface area contributed by atoms with E-state index in [1.807, 2.05) is 6.07 Å². The molecule has 0 spiro atoms. The average Bonchev–Trinajstić information content (AvgIpc) is 3.27. The molecule has 0 heterocycles. The molecule has 0 N–H and O–H groups in total. The van der Waals surface area contributed by atoms with Gasteiger partial charge in [0.15, 0.2) is 0 Å². The Labute approximate surface area is 168 Å². The molecule has 1 aromatic rings. The summed E-state index contributed by atoms with van der Waals surface area (Å²) in [7, 11) is 0. The number of benzene rings is 1. The third-order valence-corrected chi connectivity index (χ3v) is 1.92. The van der Waals surface area contributed by atoms with Crippen molar-refractivity contribution in [1.82, 2.24) is 0 Å². The van der Waals surface area contributed by atoms with Crippen LogP contribution in [0.1, 0.15) is 12.0 Å². The van der Waals surface area contributed by atoms with Crippen molar-refractivity contribution in [2.24, 2.45) is 0 Å². The van der Waals surface area contributed by atoms with Crippen molar-refractivity contribution in [3.63, 3.8) is 0 Å². The van der Waals surface area contributed by atoms with E-state index in [0.29, 0.717) is 0 Å². The molecule has 0 radical (unpaired) electrons. The van der Waals surface area contributed by atoms with Gasteiger partial charge in [0.05, 0.1) is 0 Å². The SMILES string of the molecule is C1=CCC(c2ccccc2)=C1.[C-]#[O+].[C-]#[O+].[C-]#[O+].[C-]#[O+].[C-]#[O+].[C-]#[O+].[Cr].[Fe]. The average molecular weight is 418 g/mol. The Morgan fingerprint density at radius 2 is 1.00 bits per heavy atom. The van der Waals surface area contributed by atoms with Crippen molar-refractivity contribution in [3.8, 4) is 0 Å². The minimum Gasteiger partial charge on any atom is 0 e. The van der Waals surface area contributed by atoms with Gasteiger partial charge < -0.3 is 0 Å². The molecule has 0 saturated heterocycles. The van der Waals surface area contributed by atoms with Gasteiger partial charge >= 0.3 is 67.8 Å². The Kier molecular flexibility index (Phi) is 99.8. The van der Waals surface area contributed by atoms with Crippen molar-refractivity contribution in [2.75, 3.05) is 0 Å². The van der Waals surface area contributed by atoms with Crippen LogP contribution in [0.4, 0.5) is 0 Å². The first kappa shape index (κ1) is 43.6. The maximum absolute atomic E-state index is 7.50. The second kappa shape index (κ2) is 57.3. The summed E-state index contributed by atoms with van der Waals surface area (Å²) in [6.45, 7) is 27.0. The second-order valence-corrected chi connectivity index (χ2v) is 2.69. The molecule has 0 fully saturated rings. The van der Waals surface area contributed by atoms with Gasteiger partial charge in [-0.15, -0.1) is 0 Å². The Hall–Kier alpha value is -1.81. The molecule has 0 unspecified atom stereocenters. The van der Waals surface area contributed by atoms with Crippen LogP contribution in [0.2, 0.25) is 0 Å². The summed E-state index contributed by atoms with van der Waals surface area (Å²) in [5, 5.41) is 0. The van der Waals surface area contributed by atoms with E-state index < -0.39 is 0 Å². The van der Waals surface area contributed by atoms with E-state index in [1.165, 1.54) is 11.1 Å². The van der Waals surface area contributed by atoms with E-state index in [-0.39, 0.29) is 34.4 Å². The monoisotopic (exact) mass is 418 g/mol. The van der Waals surface area contributed by atoms with Crippen molar-refractivity contribution in [3.05, 3.63) is 94.0 Å². The number of rotatable bonds is 1. The number of hydrogen-bond acceptors (Lipinski definition) is 0. The van der Waals surface area contributed by atoms with Gasteiger partial charge in [-0.25, -0.2) is 0 Å². The molecule has 1 aromatic carbocycles. The number of allylic oxidation sites excluding steroid dienone is 4. The smallest absolute Gasteiger partial charge is 0 e. The third-order valence-electron chi connectivity index (χ3n) is 1.92. The minimum absolute atomic E-state index is 0. The molecule has 0 aliphatic heterocycles.